The van der Waals surface area contributed by atoms with Crippen LogP contribution in [0.2, 0.25) is 0 Å². The Kier molecular flexibility index (Phi) is 2.51. The first kappa shape index (κ1) is 11.4. The molecule has 0 saturated carbocycles. The standard InChI is InChI=1S/C10H7N3O3S/c11-13-8-5-4-6-7(10(8)14)2-1-3-9(6)17(12,15)16/h1-5H,(H2,12,15,16). The van der Waals surface area contributed by atoms with Gasteiger partial charge >= 0.3 is 5.71 Å². The maximum Gasteiger partial charge on any atom is 0.362 e. The molecule has 0 bridgehead atoms. The van der Waals surface area contributed by atoms with Gasteiger partial charge in [-0.3, -0.25) is 4.79 Å². The molecule has 1 aliphatic carbocycles. The van der Waals surface area contributed by atoms with E-state index in [0.717, 1.165) is 0 Å². The van der Waals surface area contributed by atoms with Crippen molar-refractivity contribution in [2.24, 2.45) is 5.14 Å². The summed E-state index contributed by atoms with van der Waals surface area (Å²) in [6.07, 6.45) is 2.62. The molecular weight excluding hydrogens is 242 g/mol. The van der Waals surface area contributed by atoms with Gasteiger partial charge < -0.3 is 5.53 Å². The van der Waals surface area contributed by atoms with Gasteiger partial charge in [0.2, 0.25) is 10.0 Å². The SMILES string of the molecule is [N-]=[N+]=C1C=Cc2c(cccc2S(N)(=O)=O)C1=O. The molecule has 2 rings (SSSR count). The van der Waals surface area contributed by atoms with E-state index in [1.807, 2.05) is 0 Å². The van der Waals surface area contributed by atoms with Crippen LogP contribution in [0.25, 0.3) is 11.6 Å². The zero-order chi connectivity index (χ0) is 12.6. The summed E-state index contributed by atoms with van der Waals surface area (Å²) in [6, 6.07) is 4.17. The number of Topliss-reactive ketones (excluding diaryl/α,β-unsaturated/α-hetero) is 1. The number of rotatable bonds is 1. The maximum absolute atomic E-state index is 11.7. The normalized spacial score (nSPS) is 14.4. The minimum atomic E-state index is -3.90. The molecule has 0 unspecified atom stereocenters. The van der Waals surface area contributed by atoms with Gasteiger partial charge in [-0.25, -0.2) is 13.6 Å². The van der Waals surface area contributed by atoms with Gasteiger partial charge in [-0.1, -0.05) is 12.1 Å². The summed E-state index contributed by atoms with van der Waals surface area (Å²) in [6.45, 7) is 0. The van der Waals surface area contributed by atoms with Crippen LogP contribution >= 0.6 is 0 Å². The van der Waals surface area contributed by atoms with Crippen LogP contribution in [0.1, 0.15) is 15.9 Å². The van der Waals surface area contributed by atoms with Gasteiger partial charge in [0.25, 0.3) is 5.78 Å². The monoisotopic (exact) mass is 249 g/mol. The average Bonchev–Trinajstić information content (AvgIpc) is 2.28. The first-order valence-electron chi connectivity index (χ1n) is 4.56. The molecule has 0 aromatic heterocycles. The van der Waals surface area contributed by atoms with Crippen LogP contribution in [0.3, 0.4) is 0 Å². The Labute approximate surface area is 97.0 Å². The fourth-order valence-electron chi connectivity index (χ4n) is 1.62. The van der Waals surface area contributed by atoms with Crippen molar-refractivity contribution in [1.29, 1.82) is 0 Å². The molecule has 0 atom stereocenters. The summed E-state index contributed by atoms with van der Waals surface area (Å²) < 4.78 is 22.6. The fourth-order valence-corrected chi connectivity index (χ4v) is 2.37. The minimum absolute atomic E-state index is 0.128. The number of nitrogens with two attached hydrogens (primary N) is 1. The third kappa shape index (κ3) is 1.83. The predicted molar refractivity (Wildman–Crippen MR) is 59.8 cm³/mol. The third-order valence-electron chi connectivity index (χ3n) is 2.37. The second kappa shape index (κ2) is 3.74. The molecule has 0 heterocycles. The average molecular weight is 249 g/mol. The number of sulfonamides is 1. The topological polar surface area (TPSA) is 114 Å². The zero-order valence-corrected chi connectivity index (χ0v) is 9.31. The zero-order valence-electron chi connectivity index (χ0n) is 8.49. The van der Waals surface area contributed by atoms with Crippen LogP contribution in [0.4, 0.5) is 0 Å². The van der Waals surface area contributed by atoms with E-state index in [9.17, 15) is 13.2 Å². The Bertz CT molecular complexity index is 698. The molecule has 0 fully saturated rings. The molecule has 1 aliphatic rings. The van der Waals surface area contributed by atoms with Crippen molar-refractivity contribution in [2.75, 3.05) is 0 Å². The molecule has 86 valence electrons. The summed E-state index contributed by atoms with van der Waals surface area (Å²) in [5, 5.41) is 5.04. The number of hydrogen-bond donors (Lipinski definition) is 1. The molecule has 1 aromatic rings. The number of hydrogen-bond acceptors (Lipinski definition) is 3. The first-order valence-corrected chi connectivity index (χ1v) is 6.10. The lowest BCUT2D eigenvalue weighted by atomic mass is 9.95. The maximum atomic E-state index is 11.7. The van der Waals surface area contributed by atoms with E-state index in [-0.39, 0.29) is 21.7 Å². The molecule has 0 spiro atoms. The van der Waals surface area contributed by atoms with Crippen molar-refractivity contribution in [2.45, 2.75) is 4.90 Å². The van der Waals surface area contributed by atoms with Crippen molar-refractivity contribution >= 4 is 27.6 Å². The van der Waals surface area contributed by atoms with Gasteiger partial charge in [0.05, 0.1) is 4.90 Å². The van der Waals surface area contributed by atoms with E-state index in [2.05, 4.69) is 4.79 Å². The minimum Gasteiger partial charge on any atom is -0.361 e. The number of primary sulfonamides is 1. The molecule has 17 heavy (non-hydrogen) atoms. The first-order chi connectivity index (χ1) is 7.95. The molecule has 2 N–H and O–H groups in total. The lowest BCUT2D eigenvalue weighted by Crippen LogP contribution is -2.21. The molecule has 0 saturated heterocycles. The lowest BCUT2D eigenvalue weighted by Gasteiger charge is -2.10. The highest BCUT2D eigenvalue weighted by Gasteiger charge is 2.28. The molecular formula is C10H7N3O3S. The molecule has 6 nitrogen and oxygen atoms in total. The lowest BCUT2D eigenvalue weighted by molar-refractivity contribution is -0.00436. The number of nitrogens with zero attached hydrogens (tertiary/aromatic N) is 2. The highest BCUT2D eigenvalue weighted by atomic mass is 32.2. The summed E-state index contributed by atoms with van der Waals surface area (Å²) in [4.78, 5) is 14.4. The third-order valence-corrected chi connectivity index (χ3v) is 3.33. The van der Waals surface area contributed by atoms with Crippen molar-refractivity contribution in [3.05, 3.63) is 40.9 Å². The van der Waals surface area contributed by atoms with Gasteiger partial charge in [-0.2, -0.15) is 4.79 Å². The Morgan fingerprint density at radius 3 is 2.53 bits per heavy atom. The second-order valence-electron chi connectivity index (χ2n) is 3.41. The highest BCUT2D eigenvalue weighted by molar-refractivity contribution is 7.89. The van der Waals surface area contributed by atoms with Gasteiger partial charge in [0.1, 0.15) is 0 Å². The van der Waals surface area contributed by atoms with E-state index < -0.39 is 15.8 Å². The Morgan fingerprint density at radius 2 is 1.94 bits per heavy atom. The van der Waals surface area contributed by atoms with Gasteiger partial charge in [-0.05, 0) is 12.1 Å². The number of allylic oxidation sites excluding steroid dienone is 1. The van der Waals surface area contributed by atoms with E-state index in [1.165, 1.54) is 30.4 Å². The van der Waals surface area contributed by atoms with E-state index in [1.54, 1.807) is 0 Å². The Balaban J connectivity index is 2.80. The quantitative estimate of drug-likeness (QED) is 0.566. The fraction of sp³-hybridized carbons (Fsp3) is 0. The van der Waals surface area contributed by atoms with Crippen molar-refractivity contribution < 1.29 is 18.0 Å². The molecule has 1 aromatic carbocycles. The van der Waals surface area contributed by atoms with Crippen LogP contribution in [-0.4, -0.2) is 24.7 Å². The van der Waals surface area contributed by atoms with E-state index in [0.29, 0.717) is 0 Å². The highest BCUT2D eigenvalue weighted by Crippen LogP contribution is 2.24. The summed E-state index contributed by atoms with van der Waals surface area (Å²) in [5.74, 6) is -0.546. The van der Waals surface area contributed by atoms with Crippen LogP contribution < -0.4 is 5.14 Å². The van der Waals surface area contributed by atoms with Gasteiger partial charge in [0, 0.05) is 17.2 Å². The summed E-state index contributed by atoms with van der Waals surface area (Å²) in [7, 11) is -3.90. The number of carbonyl (C=O) groups excluding carboxylic acids is 1. The second-order valence-corrected chi connectivity index (χ2v) is 4.94. The number of ketones is 1. The molecule has 0 amide bonds. The van der Waals surface area contributed by atoms with Crippen LogP contribution in [0, 0.1) is 0 Å². The van der Waals surface area contributed by atoms with Crippen molar-refractivity contribution in [3.63, 3.8) is 0 Å². The number of benzene rings is 1. The smallest absolute Gasteiger partial charge is 0.361 e. The predicted octanol–water partition coefficient (Wildman–Crippen LogP) is 0.214. The summed E-state index contributed by atoms with van der Waals surface area (Å²) >= 11 is 0. The van der Waals surface area contributed by atoms with Crippen molar-refractivity contribution in [1.82, 2.24) is 0 Å². The van der Waals surface area contributed by atoms with Crippen LogP contribution in [-0.2, 0) is 10.0 Å². The largest absolute Gasteiger partial charge is 0.362 e. The Hall–Kier alpha value is -2.08. The van der Waals surface area contributed by atoms with Crippen LogP contribution in [0.5, 0.6) is 0 Å². The van der Waals surface area contributed by atoms with Gasteiger partial charge in [0.15, 0.2) is 0 Å². The van der Waals surface area contributed by atoms with Gasteiger partial charge in [-0.15, -0.1) is 0 Å². The molecule has 0 radical (unpaired) electrons. The number of carbonyl (C=O) groups is 1. The van der Waals surface area contributed by atoms with E-state index >= 15 is 0 Å². The molecule has 0 aliphatic heterocycles. The number of fused-ring (bicyclic) bond motifs is 1. The summed E-state index contributed by atoms with van der Waals surface area (Å²) in [5.41, 5.74) is 8.80. The van der Waals surface area contributed by atoms with E-state index in [4.69, 9.17) is 10.7 Å². The van der Waals surface area contributed by atoms with Crippen LogP contribution in [0.15, 0.2) is 29.2 Å². The Morgan fingerprint density at radius 1 is 1.24 bits per heavy atom. The molecule has 7 heteroatoms. The van der Waals surface area contributed by atoms with Crippen molar-refractivity contribution in [3.8, 4) is 0 Å².